The van der Waals surface area contributed by atoms with Crippen LogP contribution < -0.4 is 10.2 Å². The predicted octanol–water partition coefficient (Wildman–Crippen LogP) is 4.19. The minimum atomic E-state index is 0.917. The van der Waals surface area contributed by atoms with Gasteiger partial charge in [0.05, 0.1) is 0 Å². The summed E-state index contributed by atoms with van der Waals surface area (Å²) < 4.78 is 1.22. The minimum absolute atomic E-state index is 0.917. The van der Waals surface area contributed by atoms with E-state index < -0.39 is 0 Å². The van der Waals surface area contributed by atoms with Crippen LogP contribution in [-0.2, 0) is 6.54 Å². The van der Waals surface area contributed by atoms with E-state index >= 15 is 0 Å². The lowest BCUT2D eigenvalue weighted by Crippen LogP contribution is -2.32. The summed E-state index contributed by atoms with van der Waals surface area (Å²) in [7, 11) is 0. The fraction of sp³-hybridized carbons (Fsp3) is 0.625. The Bertz CT molecular complexity index is 402. The molecule has 0 radical (unpaired) electrons. The molecule has 1 aromatic rings. The maximum Gasteiger partial charge on any atom is 0.0377 e. The van der Waals surface area contributed by atoms with Crippen LogP contribution in [0.5, 0.6) is 0 Å². The first-order valence-corrected chi connectivity index (χ1v) is 8.28. The fourth-order valence-corrected chi connectivity index (χ4v) is 3.05. The van der Waals surface area contributed by atoms with Gasteiger partial charge in [-0.25, -0.2) is 0 Å². The van der Waals surface area contributed by atoms with E-state index in [2.05, 4.69) is 58.2 Å². The van der Waals surface area contributed by atoms with Gasteiger partial charge in [0.2, 0.25) is 0 Å². The van der Waals surface area contributed by atoms with E-state index in [-0.39, 0.29) is 0 Å². The third-order valence-corrected chi connectivity index (χ3v) is 4.79. The lowest BCUT2D eigenvalue weighted by atomic mass is 9.85. The zero-order chi connectivity index (χ0) is 13.7. The van der Waals surface area contributed by atoms with Crippen LogP contribution in [0.15, 0.2) is 22.7 Å². The molecule has 1 fully saturated rings. The van der Waals surface area contributed by atoms with Crippen molar-refractivity contribution >= 4 is 21.6 Å². The molecule has 2 nitrogen and oxygen atoms in total. The van der Waals surface area contributed by atoms with Crippen LogP contribution in [0.4, 0.5) is 5.69 Å². The summed E-state index contributed by atoms with van der Waals surface area (Å²) in [6.07, 6.45) is 4.25. The van der Waals surface area contributed by atoms with Crippen LogP contribution in [0.2, 0.25) is 0 Å². The van der Waals surface area contributed by atoms with Gasteiger partial charge in [0.15, 0.2) is 0 Å². The van der Waals surface area contributed by atoms with Gasteiger partial charge in [-0.15, -0.1) is 0 Å². The molecule has 0 aliphatic heterocycles. The number of hydrogen-bond acceptors (Lipinski definition) is 2. The second-order valence-electron chi connectivity index (χ2n) is 5.39. The largest absolute Gasteiger partial charge is 0.372 e. The van der Waals surface area contributed by atoms with Crippen LogP contribution >= 0.6 is 15.9 Å². The van der Waals surface area contributed by atoms with Crippen molar-refractivity contribution in [2.24, 2.45) is 5.92 Å². The van der Waals surface area contributed by atoms with E-state index in [1.54, 1.807) is 0 Å². The molecule has 0 spiro atoms. The highest BCUT2D eigenvalue weighted by atomic mass is 79.9. The highest BCUT2D eigenvalue weighted by Gasteiger charge is 2.20. The number of nitrogens with one attached hydrogen (secondary N) is 1. The molecule has 0 amide bonds. The Morgan fingerprint density at radius 2 is 2.11 bits per heavy atom. The van der Waals surface area contributed by atoms with E-state index in [1.165, 1.54) is 41.5 Å². The smallest absolute Gasteiger partial charge is 0.0377 e. The van der Waals surface area contributed by atoms with Gasteiger partial charge in [0.1, 0.15) is 0 Å². The summed E-state index contributed by atoms with van der Waals surface area (Å²) in [5, 5.41) is 3.37. The molecule has 0 unspecified atom stereocenters. The van der Waals surface area contributed by atoms with E-state index in [9.17, 15) is 0 Å². The number of benzene rings is 1. The van der Waals surface area contributed by atoms with E-state index in [4.69, 9.17) is 0 Å². The number of anilines is 1. The number of halogens is 1. The molecular weight excluding hydrogens is 300 g/mol. The molecule has 0 bridgehead atoms. The third kappa shape index (κ3) is 3.96. The summed E-state index contributed by atoms with van der Waals surface area (Å²) in [5.41, 5.74) is 2.69. The molecule has 2 rings (SSSR count). The molecule has 1 saturated carbocycles. The van der Waals surface area contributed by atoms with E-state index in [1.807, 2.05) is 0 Å². The van der Waals surface area contributed by atoms with Gasteiger partial charge in [-0.2, -0.15) is 0 Å². The van der Waals surface area contributed by atoms with Crippen molar-refractivity contribution in [3.05, 3.63) is 28.2 Å². The SMILES string of the molecule is CCNCc1ccc(N(CC)CC2CCC2)cc1Br. The summed E-state index contributed by atoms with van der Waals surface area (Å²) in [6.45, 7) is 8.65. The van der Waals surface area contributed by atoms with Crippen LogP contribution in [0.1, 0.15) is 38.7 Å². The molecule has 106 valence electrons. The first-order chi connectivity index (χ1) is 9.24. The van der Waals surface area contributed by atoms with Crippen molar-refractivity contribution in [1.29, 1.82) is 0 Å². The van der Waals surface area contributed by atoms with Crippen molar-refractivity contribution in [1.82, 2.24) is 5.32 Å². The summed E-state index contributed by atoms with van der Waals surface area (Å²) in [4.78, 5) is 2.51. The van der Waals surface area contributed by atoms with Gasteiger partial charge in [0.25, 0.3) is 0 Å². The molecule has 1 N–H and O–H groups in total. The Morgan fingerprint density at radius 1 is 1.32 bits per heavy atom. The Labute approximate surface area is 125 Å². The molecule has 0 heterocycles. The Kier molecular flexibility index (Phi) is 5.71. The quantitative estimate of drug-likeness (QED) is 0.809. The second kappa shape index (κ2) is 7.30. The number of nitrogens with zero attached hydrogens (tertiary/aromatic N) is 1. The fourth-order valence-electron chi connectivity index (χ4n) is 2.54. The minimum Gasteiger partial charge on any atom is -0.372 e. The van der Waals surface area contributed by atoms with Gasteiger partial charge in [-0.1, -0.05) is 35.3 Å². The van der Waals surface area contributed by atoms with Crippen LogP contribution in [0.3, 0.4) is 0 Å². The molecule has 0 saturated heterocycles. The molecule has 3 heteroatoms. The van der Waals surface area contributed by atoms with Gasteiger partial charge >= 0.3 is 0 Å². The van der Waals surface area contributed by atoms with Gasteiger partial charge in [-0.05, 0) is 49.9 Å². The lowest BCUT2D eigenvalue weighted by Gasteiger charge is -2.33. The molecule has 0 atom stereocenters. The standard InChI is InChI=1S/C16H25BrN2/c1-3-18-11-14-8-9-15(10-16(14)17)19(4-2)12-13-6-5-7-13/h8-10,13,18H,3-7,11-12H2,1-2H3. The number of hydrogen-bond donors (Lipinski definition) is 1. The zero-order valence-electron chi connectivity index (χ0n) is 12.1. The van der Waals surface area contributed by atoms with Crippen molar-refractivity contribution in [3.63, 3.8) is 0 Å². The van der Waals surface area contributed by atoms with E-state index in [0.717, 1.165) is 25.6 Å². The topological polar surface area (TPSA) is 15.3 Å². The predicted molar refractivity (Wildman–Crippen MR) is 86.8 cm³/mol. The van der Waals surface area contributed by atoms with Crippen molar-refractivity contribution in [3.8, 4) is 0 Å². The van der Waals surface area contributed by atoms with E-state index in [0.29, 0.717) is 0 Å². The Morgan fingerprint density at radius 3 is 2.63 bits per heavy atom. The molecule has 0 aromatic heterocycles. The summed E-state index contributed by atoms with van der Waals surface area (Å²) in [6, 6.07) is 6.78. The van der Waals surface area contributed by atoms with Gasteiger partial charge in [0, 0.05) is 29.8 Å². The Balaban J connectivity index is 2.03. The third-order valence-electron chi connectivity index (χ3n) is 4.05. The highest BCUT2D eigenvalue weighted by molar-refractivity contribution is 9.10. The average molecular weight is 325 g/mol. The summed E-state index contributed by atoms with van der Waals surface area (Å²) >= 11 is 3.71. The molecular formula is C16H25BrN2. The Hall–Kier alpha value is -0.540. The first kappa shape index (κ1) is 14.9. The molecule has 1 aliphatic carbocycles. The van der Waals surface area contributed by atoms with Gasteiger partial charge < -0.3 is 10.2 Å². The average Bonchev–Trinajstić information content (AvgIpc) is 2.36. The zero-order valence-corrected chi connectivity index (χ0v) is 13.7. The maximum absolute atomic E-state index is 3.71. The molecule has 1 aliphatic rings. The second-order valence-corrected chi connectivity index (χ2v) is 6.25. The number of rotatable bonds is 7. The maximum atomic E-state index is 3.71. The van der Waals surface area contributed by atoms with Crippen LogP contribution in [-0.4, -0.2) is 19.6 Å². The first-order valence-electron chi connectivity index (χ1n) is 7.48. The molecule has 1 aromatic carbocycles. The molecule has 19 heavy (non-hydrogen) atoms. The highest BCUT2D eigenvalue weighted by Crippen LogP contribution is 2.30. The van der Waals surface area contributed by atoms with Crippen LogP contribution in [0.25, 0.3) is 0 Å². The normalized spacial score (nSPS) is 15.3. The lowest BCUT2D eigenvalue weighted by molar-refractivity contribution is 0.318. The monoisotopic (exact) mass is 324 g/mol. The van der Waals surface area contributed by atoms with Crippen molar-refractivity contribution in [2.75, 3.05) is 24.5 Å². The van der Waals surface area contributed by atoms with Gasteiger partial charge in [-0.3, -0.25) is 0 Å². The summed E-state index contributed by atoms with van der Waals surface area (Å²) in [5.74, 6) is 0.917. The van der Waals surface area contributed by atoms with Crippen molar-refractivity contribution in [2.45, 2.75) is 39.7 Å². The van der Waals surface area contributed by atoms with Crippen LogP contribution in [0, 0.1) is 5.92 Å². The van der Waals surface area contributed by atoms with Crippen molar-refractivity contribution < 1.29 is 0 Å².